The summed E-state index contributed by atoms with van der Waals surface area (Å²) in [7, 11) is -3.13. The maximum absolute atomic E-state index is 12.8. The third-order valence-corrected chi connectivity index (χ3v) is 9.01. The quantitative estimate of drug-likeness (QED) is 0.424. The number of carbonyl (C=O) groups excluding carboxylic acids is 1. The molecule has 0 bridgehead atoms. The largest absolute Gasteiger partial charge is 0.322 e. The molecule has 184 valence electrons. The molecule has 4 rings (SSSR count). The fourth-order valence-electron chi connectivity index (χ4n) is 3.99. The van der Waals surface area contributed by atoms with Gasteiger partial charge in [-0.3, -0.25) is 9.69 Å². The van der Waals surface area contributed by atoms with E-state index in [0.717, 1.165) is 17.0 Å². The van der Waals surface area contributed by atoms with Crippen LogP contribution in [0.5, 0.6) is 0 Å². The van der Waals surface area contributed by atoms with E-state index in [9.17, 15) is 13.2 Å². The van der Waals surface area contributed by atoms with Crippen molar-refractivity contribution >= 4 is 33.4 Å². The Kier molecular flexibility index (Phi) is 8.62. The van der Waals surface area contributed by atoms with Gasteiger partial charge >= 0.3 is 0 Å². The molecule has 35 heavy (non-hydrogen) atoms. The van der Waals surface area contributed by atoms with Gasteiger partial charge in [0.25, 0.3) is 5.91 Å². The lowest BCUT2D eigenvalue weighted by Crippen LogP contribution is -2.48. The highest BCUT2D eigenvalue weighted by atomic mass is 32.2. The molecule has 8 heteroatoms. The fourth-order valence-corrected chi connectivity index (χ4v) is 5.95. The first-order chi connectivity index (χ1) is 16.9. The minimum Gasteiger partial charge on any atom is -0.322 e. The molecule has 0 aromatic heterocycles. The third kappa shape index (κ3) is 7.18. The van der Waals surface area contributed by atoms with Crippen LogP contribution in [-0.4, -0.2) is 55.5 Å². The van der Waals surface area contributed by atoms with Gasteiger partial charge in [0.1, 0.15) is 0 Å². The van der Waals surface area contributed by atoms with Gasteiger partial charge in [0, 0.05) is 54.6 Å². The van der Waals surface area contributed by atoms with Crippen LogP contribution >= 0.6 is 11.8 Å². The number of benzene rings is 3. The van der Waals surface area contributed by atoms with Gasteiger partial charge in [0.15, 0.2) is 0 Å². The van der Waals surface area contributed by atoms with Crippen LogP contribution in [0.15, 0.2) is 83.8 Å². The number of carbonyl (C=O) groups is 1. The van der Waals surface area contributed by atoms with Crippen LogP contribution in [0.1, 0.15) is 28.4 Å². The molecule has 6 nitrogen and oxygen atoms in total. The van der Waals surface area contributed by atoms with Crippen LogP contribution in [0.2, 0.25) is 0 Å². The summed E-state index contributed by atoms with van der Waals surface area (Å²) in [6, 6.07) is 25.9. The molecular formula is C27H31N3O3S2. The molecule has 0 aliphatic carbocycles. The lowest BCUT2D eigenvalue weighted by molar-refractivity contribution is 0.102. The van der Waals surface area contributed by atoms with Crippen LogP contribution in [0, 0.1) is 0 Å². The number of nitrogens with one attached hydrogen (secondary N) is 1. The molecule has 1 N–H and O–H groups in total. The maximum atomic E-state index is 12.8. The van der Waals surface area contributed by atoms with E-state index >= 15 is 0 Å². The summed E-state index contributed by atoms with van der Waals surface area (Å²) >= 11 is 1.78. The highest BCUT2D eigenvalue weighted by Gasteiger charge is 2.25. The van der Waals surface area contributed by atoms with Crippen molar-refractivity contribution < 1.29 is 13.2 Å². The number of amides is 1. The minimum absolute atomic E-state index is 0.138. The lowest BCUT2D eigenvalue weighted by atomic mass is 10.1. The third-order valence-electron chi connectivity index (χ3n) is 6.05. The molecule has 1 heterocycles. The minimum atomic E-state index is -3.13. The molecule has 1 amide bonds. The zero-order valence-corrected chi connectivity index (χ0v) is 21.5. The van der Waals surface area contributed by atoms with E-state index in [0.29, 0.717) is 38.3 Å². The van der Waals surface area contributed by atoms with Crippen LogP contribution in [0.25, 0.3) is 0 Å². The predicted molar refractivity (Wildman–Crippen MR) is 143 cm³/mol. The molecular weight excluding hydrogens is 478 g/mol. The maximum Gasteiger partial charge on any atom is 0.255 e. The molecule has 1 saturated heterocycles. The van der Waals surface area contributed by atoms with Crippen molar-refractivity contribution in [2.24, 2.45) is 0 Å². The van der Waals surface area contributed by atoms with Crippen LogP contribution < -0.4 is 5.32 Å². The molecule has 1 aliphatic rings. The normalized spacial score (nSPS) is 15.1. The highest BCUT2D eigenvalue weighted by molar-refractivity contribution is 7.98. The van der Waals surface area contributed by atoms with E-state index in [-0.39, 0.29) is 11.7 Å². The van der Waals surface area contributed by atoms with E-state index in [1.807, 2.05) is 66.7 Å². The van der Waals surface area contributed by atoms with Gasteiger partial charge in [-0.2, -0.15) is 4.31 Å². The SMILES string of the molecule is CCS(=O)(=O)N1CCN(Cc2cccc(C(=O)Nc3ccc(CSc4ccccc4)cc3)c2)CC1. The Labute approximate surface area is 212 Å². The lowest BCUT2D eigenvalue weighted by Gasteiger charge is -2.33. The average molecular weight is 510 g/mol. The van der Waals surface area contributed by atoms with Crippen molar-refractivity contribution in [1.82, 2.24) is 9.21 Å². The first-order valence-corrected chi connectivity index (χ1v) is 14.4. The summed E-state index contributed by atoms with van der Waals surface area (Å²) in [6.45, 7) is 4.76. The number of piperazine rings is 1. The molecule has 3 aromatic carbocycles. The van der Waals surface area contributed by atoms with E-state index < -0.39 is 10.0 Å². The van der Waals surface area contributed by atoms with Crippen molar-refractivity contribution in [2.45, 2.75) is 24.1 Å². The number of hydrogen-bond donors (Lipinski definition) is 1. The van der Waals surface area contributed by atoms with Crippen LogP contribution in [0.4, 0.5) is 5.69 Å². The summed E-state index contributed by atoms with van der Waals surface area (Å²) in [5.74, 6) is 0.871. The van der Waals surface area contributed by atoms with Gasteiger partial charge in [-0.1, -0.05) is 42.5 Å². The van der Waals surface area contributed by atoms with Gasteiger partial charge < -0.3 is 5.32 Å². The fraction of sp³-hybridized carbons (Fsp3) is 0.296. The monoisotopic (exact) mass is 509 g/mol. The first kappa shape index (κ1) is 25.4. The van der Waals surface area contributed by atoms with E-state index in [4.69, 9.17) is 0 Å². The smallest absolute Gasteiger partial charge is 0.255 e. The average Bonchev–Trinajstić information content (AvgIpc) is 2.89. The Morgan fingerprint density at radius 2 is 1.60 bits per heavy atom. The Hall–Kier alpha value is -2.65. The topological polar surface area (TPSA) is 69.7 Å². The van der Waals surface area contributed by atoms with Gasteiger partial charge in [-0.25, -0.2) is 8.42 Å². The summed E-state index contributed by atoms with van der Waals surface area (Å²) in [4.78, 5) is 16.3. The summed E-state index contributed by atoms with van der Waals surface area (Å²) < 4.78 is 25.7. The summed E-state index contributed by atoms with van der Waals surface area (Å²) in [5.41, 5.74) is 3.61. The predicted octanol–water partition coefficient (Wildman–Crippen LogP) is 4.70. The molecule has 0 atom stereocenters. The zero-order valence-electron chi connectivity index (χ0n) is 19.9. The second-order valence-corrected chi connectivity index (χ2v) is 11.8. The molecule has 0 unspecified atom stereocenters. The van der Waals surface area contributed by atoms with Crippen molar-refractivity contribution in [3.05, 3.63) is 95.6 Å². The standard InChI is InChI=1S/C27H31N3O3S2/c1-2-35(32,33)30-17-15-29(16-18-30)20-23-7-6-8-24(19-23)27(31)28-25-13-11-22(12-14-25)21-34-26-9-4-3-5-10-26/h3-14,19H,2,15-18,20-21H2,1H3,(H,28,31). The number of rotatable bonds is 9. The number of anilines is 1. The van der Waals surface area contributed by atoms with Gasteiger partial charge in [0.2, 0.25) is 10.0 Å². The van der Waals surface area contributed by atoms with Gasteiger partial charge in [-0.15, -0.1) is 11.8 Å². The van der Waals surface area contributed by atoms with Crippen LogP contribution in [0.3, 0.4) is 0 Å². The highest BCUT2D eigenvalue weighted by Crippen LogP contribution is 2.23. The number of thioether (sulfide) groups is 1. The summed E-state index contributed by atoms with van der Waals surface area (Å²) in [6.07, 6.45) is 0. The number of hydrogen-bond acceptors (Lipinski definition) is 5. The first-order valence-electron chi connectivity index (χ1n) is 11.8. The van der Waals surface area contributed by atoms with E-state index in [1.165, 1.54) is 10.5 Å². The molecule has 1 fully saturated rings. The van der Waals surface area contributed by atoms with Gasteiger partial charge in [0.05, 0.1) is 5.75 Å². The zero-order chi connectivity index (χ0) is 24.7. The number of nitrogens with zero attached hydrogens (tertiary/aromatic N) is 2. The van der Waals surface area contributed by atoms with Crippen LogP contribution in [-0.2, 0) is 22.3 Å². The Bertz CT molecular complexity index is 1220. The van der Waals surface area contributed by atoms with E-state index in [2.05, 4.69) is 22.3 Å². The molecule has 0 saturated carbocycles. The Morgan fingerprint density at radius 3 is 2.29 bits per heavy atom. The second-order valence-electron chi connectivity index (χ2n) is 8.53. The molecule has 0 radical (unpaired) electrons. The van der Waals surface area contributed by atoms with Crippen molar-refractivity contribution in [3.8, 4) is 0 Å². The van der Waals surface area contributed by atoms with E-state index in [1.54, 1.807) is 23.0 Å². The molecule has 0 spiro atoms. The van der Waals surface area contributed by atoms with Crippen molar-refractivity contribution in [3.63, 3.8) is 0 Å². The van der Waals surface area contributed by atoms with Crippen molar-refractivity contribution in [2.75, 3.05) is 37.2 Å². The molecule has 3 aromatic rings. The molecule has 1 aliphatic heterocycles. The second kappa shape index (κ2) is 11.9. The Balaban J connectivity index is 1.29. The van der Waals surface area contributed by atoms with Crippen molar-refractivity contribution in [1.29, 1.82) is 0 Å². The summed E-state index contributed by atoms with van der Waals surface area (Å²) in [5, 5.41) is 2.99. The van der Waals surface area contributed by atoms with Gasteiger partial charge in [-0.05, 0) is 54.4 Å². The number of sulfonamides is 1. The Morgan fingerprint density at radius 1 is 0.886 bits per heavy atom.